The van der Waals surface area contributed by atoms with E-state index in [0.29, 0.717) is 5.54 Å². The predicted molar refractivity (Wildman–Crippen MR) is 72.4 cm³/mol. The van der Waals surface area contributed by atoms with Crippen molar-refractivity contribution in [1.82, 2.24) is 9.88 Å². The molecular weight excluding hydrogens is 210 g/mol. The number of pyridine rings is 1. The summed E-state index contributed by atoms with van der Waals surface area (Å²) in [5.74, 6) is 1.11. The molecule has 1 aromatic heterocycles. The molecule has 0 N–H and O–H groups in total. The van der Waals surface area contributed by atoms with Crippen molar-refractivity contribution in [3.8, 4) is 0 Å². The van der Waals surface area contributed by atoms with E-state index in [-0.39, 0.29) is 0 Å². The minimum Gasteiger partial charge on any atom is -0.354 e. The second-order valence-corrected chi connectivity index (χ2v) is 5.33. The van der Waals surface area contributed by atoms with Gasteiger partial charge in [-0.1, -0.05) is 13.0 Å². The smallest absolute Gasteiger partial charge is 0.128 e. The SMILES string of the molecule is CCC(C)(C)N1CCN(c2ccccn2)CC1. The summed E-state index contributed by atoms with van der Waals surface area (Å²) in [6.07, 6.45) is 3.08. The topological polar surface area (TPSA) is 19.4 Å². The van der Waals surface area contributed by atoms with Gasteiger partial charge in [0.25, 0.3) is 0 Å². The van der Waals surface area contributed by atoms with E-state index in [0.717, 1.165) is 32.0 Å². The van der Waals surface area contributed by atoms with Crippen LogP contribution in [-0.2, 0) is 0 Å². The molecule has 2 rings (SSSR count). The number of anilines is 1. The highest BCUT2D eigenvalue weighted by atomic mass is 15.3. The van der Waals surface area contributed by atoms with Gasteiger partial charge < -0.3 is 4.90 Å². The van der Waals surface area contributed by atoms with Crippen molar-refractivity contribution in [2.24, 2.45) is 0 Å². The fourth-order valence-corrected chi connectivity index (χ4v) is 2.31. The van der Waals surface area contributed by atoms with Gasteiger partial charge in [-0.2, -0.15) is 0 Å². The van der Waals surface area contributed by atoms with Gasteiger partial charge in [-0.05, 0) is 32.4 Å². The molecule has 0 unspecified atom stereocenters. The number of nitrogens with zero attached hydrogens (tertiary/aromatic N) is 3. The highest BCUT2D eigenvalue weighted by Crippen LogP contribution is 2.21. The summed E-state index contributed by atoms with van der Waals surface area (Å²) in [5, 5.41) is 0. The Bertz CT molecular complexity index is 340. The van der Waals surface area contributed by atoms with Gasteiger partial charge in [-0.15, -0.1) is 0 Å². The fourth-order valence-electron chi connectivity index (χ4n) is 2.31. The van der Waals surface area contributed by atoms with Gasteiger partial charge in [0.05, 0.1) is 0 Å². The molecule has 1 saturated heterocycles. The maximum atomic E-state index is 4.42. The monoisotopic (exact) mass is 233 g/mol. The van der Waals surface area contributed by atoms with Crippen molar-refractivity contribution in [3.05, 3.63) is 24.4 Å². The van der Waals surface area contributed by atoms with Crippen LogP contribution in [0, 0.1) is 0 Å². The van der Waals surface area contributed by atoms with E-state index in [4.69, 9.17) is 0 Å². The van der Waals surface area contributed by atoms with Crippen LogP contribution < -0.4 is 4.90 Å². The average Bonchev–Trinajstić information content (AvgIpc) is 2.40. The molecule has 17 heavy (non-hydrogen) atoms. The van der Waals surface area contributed by atoms with E-state index in [9.17, 15) is 0 Å². The maximum Gasteiger partial charge on any atom is 0.128 e. The zero-order valence-corrected chi connectivity index (χ0v) is 11.2. The first kappa shape index (κ1) is 12.4. The largest absolute Gasteiger partial charge is 0.354 e. The molecule has 0 aliphatic carbocycles. The third kappa shape index (κ3) is 2.78. The molecule has 1 aliphatic rings. The quantitative estimate of drug-likeness (QED) is 0.799. The van der Waals surface area contributed by atoms with E-state index >= 15 is 0 Å². The second kappa shape index (κ2) is 5.05. The Morgan fingerprint density at radius 2 is 1.88 bits per heavy atom. The minimum atomic E-state index is 0.330. The first-order chi connectivity index (χ1) is 8.13. The molecule has 0 saturated carbocycles. The van der Waals surface area contributed by atoms with Crippen LogP contribution in [0.3, 0.4) is 0 Å². The van der Waals surface area contributed by atoms with Crippen molar-refractivity contribution < 1.29 is 0 Å². The Labute approximate surface area is 104 Å². The molecule has 0 spiro atoms. The van der Waals surface area contributed by atoms with Crippen LogP contribution >= 0.6 is 0 Å². The van der Waals surface area contributed by atoms with Gasteiger partial charge in [-0.3, -0.25) is 4.90 Å². The number of hydrogen-bond acceptors (Lipinski definition) is 3. The summed E-state index contributed by atoms with van der Waals surface area (Å²) >= 11 is 0. The summed E-state index contributed by atoms with van der Waals surface area (Å²) in [7, 11) is 0. The summed E-state index contributed by atoms with van der Waals surface area (Å²) < 4.78 is 0. The van der Waals surface area contributed by atoms with Crippen LogP contribution in [0.15, 0.2) is 24.4 Å². The fraction of sp³-hybridized carbons (Fsp3) is 0.643. The van der Waals surface area contributed by atoms with E-state index in [1.54, 1.807) is 0 Å². The van der Waals surface area contributed by atoms with E-state index < -0.39 is 0 Å². The normalized spacial score (nSPS) is 18.4. The second-order valence-electron chi connectivity index (χ2n) is 5.33. The molecule has 3 nitrogen and oxygen atoms in total. The Morgan fingerprint density at radius 3 is 2.41 bits per heavy atom. The standard InChI is InChI=1S/C14H23N3/c1-4-14(2,3)17-11-9-16(10-12-17)13-7-5-6-8-15-13/h5-8H,4,9-12H2,1-3H3. The molecule has 1 aliphatic heterocycles. The Morgan fingerprint density at radius 1 is 1.18 bits per heavy atom. The number of piperazine rings is 1. The van der Waals surface area contributed by atoms with Gasteiger partial charge in [0.2, 0.25) is 0 Å². The lowest BCUT2D eigenvalue weighted by Crippen LogP contribution is -2.54. The van der Waals surface area contributed by atoms with Crippen LogP contribution in [0.25, 0.3) is 0 Å². The van der Waals surface area contributed by atoms with E-state index in [2.05, 4.69) is 47.7 Å². The first-order valence-corrected chi connectivity index (χ1v) is 6.54. The molecule has 0 radical (unpaired) electrons. The highest BCUT2D eigenvalue weighted by Gasteiger charge is 2.28. The predicted octanol–water partition coefficient (Wildman–Crippen LogP) is 2.39. The van der Waals surface area contributed by atoms with Crippen LogP contribution in [0.2, 0.25) is 0 Å². The third-order valence-electron chi connectivity index (χ3n) is 3.97. The molecule has 1 aromatic rings. The van der Waals surface area contributed by atoms with Crippen LogP contribution in [0.1, 0.15) is 27.2 Å². The zero-order chi connectivity index (χ0) is 12.3. The van der Waals surface area contributed by atoms with Gasteiger partial charge in [0, 0.05) is 37.9 Å². The lowest BCUT2D eigenvalue weighted by atomic mass is 9.98. The Balaban J connectivity index is 1.95. The third-order valence-corrected chi connectivity index (χ3v) is 3.97. The van der Waals surface area contributed by atoms with Gasteiger partial charge in [-0.25, -0.2) is 4.98 Å². The zero-order valence-electron chi connectivity index (χ0n) is 11.2. The average molecular weight is 233 g/mol. The number of rotatable bonds is 3. The molecule has 0 aromatic carbocycles. The molecule has 1 fully saturated rings. The van der Waals surface area contributed by atoms with Crippen molar-refractivity contribution in [3.63, 3.8) is 0 Å². The summed E-state index contributed by atoms with van der Waals surface area (Å²) in [4.78, 5) is 9.38. The summed E-state index contributed by atoms with van der Waals surface area (Å²) in [5.41, 5.74) is 0.330. The maximum absolute atomic E-state index is 4.42. The molecule has 0 atom stereocenters. The Hall–Kier alpha value is -1.09. The molecule has 94 valence electrons. The molecule has 0 amide bonds. The van der Waals surface area contributed by atoms with Crippen LogP contribution in [-0.4, -0.2) is 41.6 Å². The summed E-state index contributed by atoms with van der Waals surface area (Å²) in [6, 6.07) is 6.13. The highest BCUT2D eigenvalue weighted by molar-refractivity contribution is 5.38. The number of hydrogen-bond donors (Lipinski definition) is 0. The Kier molecular flexibility index (Phi) is 3.67. The first-order valence-electron chi connectivity index (χ1n) is 6.54. The van der Waals surface area contributed by atoms with Crippen molar-refractivity contribution in [1.29, 1.82) is 0 Å². The minimum absolute atomic E-state index is 0.330. The van der Waals surface area contributed by atoms with Crippen molar-refractivity contribution in [2.75, 3.05) is 31.1 Å². The van der Waals surface area contributed by atoms with E-state index in [1.807, 2.05) is 12.3 Å². The lowest BCUT2D eigenvalue weighted by Gasteiger charge is -2.44. The van der Waals surface area contributed by atoms with Crippen LogP contribution in [0.4, 0.5) is 5.82 Å². The molecule has 0 bridgehead atoms. The summed E-state index contributed by atoms with van der Waals surface area (Å²) in [6.45, 7) is 11.4. The van der Waals surface area contributed by atoms with Gasteiger partial charge in [0.15, 0.2) is 0 Å². The lowest BCUT2D eigenvalue weighted by molar-refractivity contribution is 0.108. The molecular formula is C14H23N3. The molecule has 3 heteroatoms. The van der Waals surface area contributed by atoms with E-state index in [1.165, 1.54) is 6.42 Å². The van der Waals surface area contributed by atoms with Crippen LogP contribution in [0.5, 0.6) is 0 Å². The number of aromatic nitrogens is 1. The molecule has 2 heterocycles. The van der Waals surface area contributed by atoms with Crippen molar-refractivity contribution in [2.45, 2.75) is 32.7 Å². The van der Waals surface area contributed by atoms with Crippen molar-refractivity contribution >= 4 is 5.82 Å². The van der Waals surface area contributed by atoms with Gasteiger partial charge in [0.1, 0.15) is 5.82 Å². The van der Waals surface area contributed by atoms with Gasteiger partial charge >= 0.3 is 0 Å².